The molecule has 2 aliphatic rings. The van der Waals surface area contributed by atoms with Crippen LogP contribution in [0.4, 0.5) is 0 Å². The molecule has 58 valence electrons. The summed E-state index contributed by atoms with van der Waals surface area (Å²) in [5, 5.41) is 1.95. The Bertz CT molecular complexity index is 136. The number of piperidine rings is 1. The van der Waals surface area contributed by atoms with Crippen molar-refractivity contribution in [1.82, 2.24) is 5.01 Å². The molecule has 1 saturated heterocycles. The fourth-order valence-corrected chi connectivity index (χ4v) is 2.22. The van der Waals surface area contributed by atoms with Crippen molar-refractivity contribution in [2.24, 2.45) is 17.2 Å². The van der Waals surface area contributed by atoms with E-state index in [0.29, 0.717) is 0 Å². The van der Waals surface area contributed by atoms with E-state index in [2.05, 4.69) is 6.92 Å². The van der Waals surface area contributed by atoms with E-state index in [-0.39, 0.29) is 0 Å². The van der Waals surface area contributed by atoms with Gasteiger partial charge in [-0.1, -0.05) is 6.92 Å². The largest absolute Gasteiger partial charge is 0.269 e. The lowest BCUT2D eigenvalue weighted by Gasteiger charge is -2.29. The Balaban J connectivity index is 1.93. The minimum absolute atomic E-state index is 0.746. The number of hydrogen-bond acceptors (Lipinski definition) is 2. The van der Waals surface area contributed by atoms with Gasteiger partial charge >= 0.3 is 0 Å². The van der Waals surface area contributed by atoms with Crippen molar-refractivity contribution < 1.29 is 0 Å². The SMILES string of the molecule is CC1CC12CCN(N)CC2. The number of hydrogen-bond donors (Lipinski definition) is 1. The Morgan fingerprint density at radius 1 is 1.40 bits per heavy atom. The molecule has 1 aliphatic heterocycles. The molecule has 2 N–H and O–H groups in total. The van der Waals surface area contributed by atoms with Crippen LogP contribution in [0, 0.1) is 11.3 Å². The third kappa shape index (κ3) is 0.867. The number of nitrogens with zero attached hydrogens (tertiary/aromatic N) is 1. The summed E-state index contributed by atoms with van der Waals surface area (Å²) >= 11 is 0. The van der Waals surface area contributed by atoms with Crippen LogP contribution in [-0.2, 0) is 0 Å². The highest BCUT2D eigenvalue weighted by molar-refractivity contribution is 5.01. The molecule has 2 rings (SSSR count). The van der Waals surface area contributed by atoms with Crippen LogP contribution in [0.3, 0.4) is 0 Å². The Hall–Kier alpha value is -0.0800. The molecule has 1 spiro atoms. The zero-order chi connectivity index (χ0) is 7.19. The first-order valence-electron chi connectivity index (χ1n) is 4.23. The van der Waals surface area contributed by atoms with Crippen LogP contribution < -0.4 is 5.84 Å². The number of nitrogens with two attached hydrogens (primary N) is 1. The van der Waals surface area contributed by atoms with Gasteiger partial charge in [0.15, 0.2) is 0 Å². The summed E-state index contributed by atoms with van der Waals surface area (Å²) in [6, 6.07) is 0. The molecular weight excluding hydrogens is 124 g/mol. The molecule has 1 saturated carbocycles. The molecule has 1 unspecified atom stereocenters. The number of rotatable bonds is 0. The predicted molar refractivity (Wildman–Crippen MR) is 41.2 cm³/mol. The van der Waals surface area contributed by atoms with E-state index < -0.39 is 0 Å². The van der Waals surface area contributed by atoms with E-state index >= 15 is 0 Å². The molecule has 2 fully saturated rings. The first-order valence-corrected chi connectivity index (χ1v) is 4.23. The molecule has 0 aromatic rings. The summed E-state index contributed by atoms with van der Waals surface area (Å²) < 4.78 is 0. The van der Waals surface area contributed by atoms with Gasteiger partial charge in [-0.15, -0.1) is 0 Å². The van der Waals surface area contributed by atoms with Crippen molar-refractivity contribution in [2.45, 2.75) is 26.2 Å². The smallest absolute Gasteiger partial charge is 0.0134 e. The molecular formula is C8H16N2. The molecule has 0 aromatic carbocycles. The van der Waals surface area contributed by atoms with E-state index in [1.807, 2.05) is 5.01 Å². The van der Waals surface area contributed by atoms with Crippen LogP contribution in [0.2, 0.25) is 0 Å². The minimum atomic E-state index is 0.746. The Kier molecular flexibility index (Phi) is 1.29. The Morgan fingerprint density at radius 2 is 1.90 bits per heavy atom. The standard InChI is InChI=1S/C8H16N2/c1-7-6-8(7)2-4-10(9)5-3-8/h7H,2-6,9H2,1H3. The van der Waals surface area contributed by atoms with Crippen LogP contribution in [-0.4, -0.2) is 18.1 Å². The van der Waals surface area contributed by atoms with Gasteiger partial charge in [0.05, 0.1) is 0 Å². The van der Waals surface area contributed by atoms with Gasteiger partial charge in [0, 0.05) is 13.1 Å². The van der Waals surface area contributed by atoms with E-state index in [1.165, 1.54) is 19.3 Å². The van der Waals surface area contributed by atoms with Crippen LogP contribution in [0.5, 0.6) is 0 Å². The molecule has 0 amide bonds. The third-order valence-electron chi connectivity index (χ3n) is 3.39. The molecule has 0 aromatic heterocycles. The lowest BCUT2D eigenvalue weighted by Crippen LogP contribution is -2.39. The summed E-state index contributed by atoms with van der Waals surface area (Å²) in [5.74, 6) is 6.65. The molecule has 10 heavy (non-hydrogen) atoms. The Morgan fingerprint density at radius 3 is 2.30 bits per heavy atom. The fraction of sp³-hybridized carbons (Fsp3) is 1.00. The van der Waals surface area contributed by atoms with Crippen molar-refractivity contribution >= 4 is 0 Å². The summed E-state index contributed by atoms with van der Waals surface area (Å²) in [7, 11) is 0. The second kappa shape index (κ2) is 1.95. The topological polar surface area (TPSA) is 29.3 Å². The third-order valence-corrected chi connectivity index (χ3v) is 3.39. The summed E-state index contributed by atoms with van der Waals surface area (Å²) in [4.78, 5) is 0. The van der Waals surface area contributed by atoms with Crippen LogP contribution in [0.15, 0.2) is 0 Å². The van der Waals surface area contributed by atoms with E-state index in [9.17, 15) is 0 Å². The normalized spacial score (nSPS) is 38.4. The average Bonchev–Trinajstić information content (AvgIpc) is 2.53. The van der Waals surface area contributed by atoms with E-state index in [4.69, 9.17) is 5.84 Å². The van der Waals surface area contributed by atoms with Crippen LogP contribution in [0.25, 0.3) is 0 Å². The second-order valence-corrected chi connectivity index (χ2v) is 4.00. The number of hydrazine groups is 1. The zero-order valence-corrected chi connectivity index (χ0v) is 6.64. The van der Waals surface area contributed by atoms with Crippen LogP contribution >= 0.6 is 0 Å². The molecule has 1 atom stereocenters. The quantitative estimate of drug-likeness (QED) is 0.508. The molecule has 2 heteroatoms. The molecule has 1 aliphatic carbocycles. The maximum absolute atomic E-state index is 5.66. The van der Waals surface area contributed by atoms with Gasteiger partial charge in [-0.05, 0) is 30.6 Å². The average molecular weight is 140 g/mol. The zero-order valence-electron chi connectivity index (χ0n) is 6.64. The van der Waals surface area contributed by atoms with Gasteiger partial charge in [-0.25, -0.2) is 5.01 Å². The van der Waals surface area contributed by atoms with Crippen molar-refractivity contribution in [1.29, 1.82) is 0 Å². The van der Waals surface area contributed by atoms with E-state index in [0.717, 1.165) is 24.4 Å². The highest BCUT2D eigenvalue weighted by Gasteiger charge is 2.51. The first kappa shape index (κ1) is 6.62. The van der Waals surface area contributed by atoms with Gasteiger partial charge in [0.2, 0.25) is 0 Å². The second-order valence-electron chi connectivity index (χ2n) is 4.00. The maximum atomic E-state index is 5.66. The van der Waals surface area contributed by atoms with Crippen molar-refractivity contribution in [2.75, 3.05) is 13.1 Å². The van der Waals surface area contributed by atoms with Gasteiger partial charge in [0.1, 0.15) is 0 Å². The highest BCUT2D eigenvalue weighted by atomic mass is 15.4. The van der Waals surface area contributed by atoms with Crippen molar-refractivity contribution in [3.8, 4) is 0 Å². The monoisotopic (exact) mass is 140 g/mol. The highest BCUT2D eigenvalue weighted by Crippen LogP contribution is 2.58. The minimum Gasteiger partial charge on any atom is -0.269 e. The molecule has 0 bridgehead atoms. The predicted octanol–water partition coefficient (Wildman–Crippen LogP) is 0.982. The lowest BCUT2D eigenvalue weighted by atomic mass is 9.92. The maximum Gasteiger partial charge on any atom is 0.0134 e. The van der Waals surface area contributed by atoms with Gasteiger partial charge < -0.3 is 0 Å². The van der Waals surface area contributed by atoms with Gasteiger partial charge in [-0.2, -0.15) is 0 Å². The lowest BCUT2D eigenvalue weighted by molar-refractivity contribution is 0.167. The van der Waals surface area contributed by atoms with Gasteiger partial charge in [-0.3, -0.25) is 5.84 Å². The Labute approximate surface area is 62.4 Å². The van der Waals surface area contributed by atoms with E-state index in [1.54, 1.807) is 0 Å². The van der Waals surface area contributed by atoms with Crippen molar-refractivity contribution in [3.63, 3.8) is 0 Å². The summed E-state index contributed by atoms with van der Waals surface area (Å²) in [6.07, 6.45) is 4.14. The molecule has 2 nitrogen and oxygen atoms in total. The van der Waals surface area contributed by atoms with Crippen LogP contribution in [0.1, 0.15) is 26.2 Å². The molecule has 0 radical (unpaired) electrons. The van der Waals surface area contributed by atoms with Gasteiger partial charge in [0.25, 0.3) is 0 Å². The first-order chi connectivity index (χ1) is 4.73. The molecule has 1 heterocycles. The summed E-state index contributed by atoms with van der Waals surface area (Å²) in [6.45, 7) is 4.60. The summed E-state index contributed by atoms with van der Waals surface area (Å²) in [5.41, 5.74) is 0.746. The van der Waals surface area contributed by atoms with Crippen molar-refractivity contribution in [3.05, 3.63) is 0 Å². The fourth-order valence-electron chi connectivity index (χ4n) is 2.22.